The monoisotopic (exact) mass is 338 g/mol. The summed E-state index contributed by atoms with van der Waals surface area (Å²) in [6, 6.07) is 15.7. The van der Waals surface area contributed by atoms with Crippen LogP contribution in [0.15, 0.2) is 48.5 Å². The van der Waals surface area contributed by atoms with E-state index in [1.165, 1.54) is 0 Å². The number of piperazine rings is 1. The first-order valence-electron chi connectivity index (χ1n) is 8.66. The predicted molar refractivity (Wildman–Crippen MR) is 94.9 cm³/mol. The zero-order valence-corrected chi connectivity index (χ0v) is 14.3. The van der Waals surface area contributed by atoms with Crippen molar-refractivity contribution in [1.82, 2.24) is 10.2 Å². The van der Waals surface area contributed by atoms with Gasteiger partial charge in [0.05, 0.1) is 13.2 Å². The molecule has 2 aliphatic heterocycles. The van der Waals surface area contributed by atoms with Gasteiger partial charge in [0, 0.05) is 31.6 Å². The molecular formula is C20H22N2O3. The molecule has 4 rings (SSSR count). The van der Waals surface area contributed by atoms with Gasteiger partial charge in [-0.1, -0.05) is 36.4 Å². The van der Waals surface area contributed by atoms with Crippen LogP contribution in [0.3, 0.4) is 0 Å². The molecule has 0 saturated carbocycles. The summed E-state index contributed by atoms with van der Waals surface area (Å²) in [5.41, 5.74) is 2.13. The van der Waals surface area contributed by atoms with Crippen molar-refractivity contribution in [2.45, 2.75) is 18.6 Å². The number of methoxy groups -OCH3 is 1. The first kappa shape index (κ1) is 16.0. The van der Waals surface area contributed by atoms with Crippen LogP contribution in [-0.4, -0.2) is 43.7 Å². The highest BCUT2D eigenvalue weighted by molar-refractivity contribution is 5.83. The fourth-order valence-electron chi connectivity index (χ4n) is 3.69. The Bertz CT molecular complexity index is 752. The van der Waals surface area contributed by atoms with Crippen LogP contribution in [0.5, 0.6) is 11.5 Å². The first-order valence-corrected chi connectivity index (χ1v) is 8.66. The highest BCUT2D eigenvalue weighted by atomic mass is 16.5. The molecule has 5 heteroatoms. The van der Waals surface area contributed by atoms with Gasteiger partial charge in [-0.15, -0.1) is 0 Å². The topological polar surface area (TPSA) is 50.8 Å². The van der Waals surface area contributed by atoms with Crippen molar-refractivity contribution in [2.24, 2.45) is 0 Å². The SMILES string of the molecule is COc1ccccc1C1CNCCN1C(=O)C1Cc2ccccc2O1. The van der Waals surface area contributed by atoms with Crippen molar-refractivity contribution in [3.05, 3.63) is 59.7 Å². The molecule has 1 amide bonds. The molecule has 0 spiro atoms. The second kappa shape index (κ2) is 6.76. The van der Waals surface area contributed by atoms with Crippen LogP contribution in [0, 0.1) is 0 Å². The number of benzene rings is 2. The zero-order valence-electron chi connectivity index (χ0n) is 14.3. The molecule has 0 aromatic heterocycles. The van der Waals surface area contributed by atoms with Crippen LogP contribution < -0.4 is 14.8 Å². The number of hydrogen-bond donors (Lipinski definition) is 1. The third kappa shape index (κ3) is 2.96. The van der Waals surface area contributed by atoms with E-state index in [-0.39, 0.29) is 11.9 Å². The maximum absolute atomic E-state index is 13.2. The van der Waals surface area contributed by atoms with Gasteiger partial charge in [-0.2, -0.15) is 0 Å². The third-order valence-corrected chi connectivity index (χ3v) is 4.95. The smallest absolute Gasteiger partial charge is 0.264 e. The van der Waals surface area contributed by atoms with E-state index in [0.29, 0.717) is 19.5 Å². The van der Waals surface area contributed by atoms with Gasteiger partial charge in [0.25, 0.3) is 5.91 Å². The molecule has 5 nitrogen and oxygen atoms in total. The van der Waals surface area contributed by atoms with Crippen molar-refractivity contribution in [2.75, 3.05) is 26.7 Å². The number of para-hydroxylation sites is 2. The Morgan fingerprint density at radius 1 is 1.20 bits per heavy atom. The van der Waals surface area contributed by atoms with Gasteiger partial charge in [-0.25, -0.2) is 0 Å². The average molecular weight is 338 g/mol. The minimum Gasteiger partial charge on any atom is -0.496 e. The van der Waals surface area contributed by atoms with E-state index >= 15 is 0 Å². The van der Waals surface area contributed by atoms with Gasteiger partial charge in [0.1, 0.15) is 11.5 Å². The Hall–Kier alpha value is -2.53. The maximum Gasteiger partial charge on any atom is 0.264 e. The Labute approximate surface area is 147 Å². The van der Waals surface area contributed by atoms with Gasteiger partial charge in [0.15, 0.2) is 6.10 Å². The molecule has 2 aromatic rings. The molecule has 1 saturated heterocycles. The van der Waals surface area contributed by atoms with Crippen molar-refractivity contribution in [3.63, 3.8) is 0 Å². The van der Waals surface area contributed by atoms with E-state index in [1.54, 1.807) is 7.11 Å². The number of rotatable bonds is 3. The van der Waals surface area contributed by atoms with E-state index in [0.717, 1.165) is 29.2 Å². The van der Waals surface area contributed by atoms with Gasteiger partial charge in [0.2, 0.25) is 0 Å². The molecule has 25 heavy (non-hydrogen) atoms. The summed E-state index contributed by atoms with van der Waals surface area (Å²) in [4.78, 5) is 15.1. The van der Waals surface area contributed by atoms with Crippen molar-refractivity contribution in [3.8, 4) is 11.5 Å². The van der Waals surface area contributed by atoms with Crippen LogP contribution in [0.1, 0.15) is 17.2 Å². The summed E-state index contributed by atoms with van der Waals surface area (Å²) in [7, 11) is 1.66. The Morgan fingerprint density at radius 2 is 2.00 bits per heavy atom. The molecule has 0 bridgehead atoms. The van der Waals surface area contributed by atoms with E-state index < -0.39 is 6.10 Å². The lowest BCUT2D eigenvalue weighted by Crippen LogP contribution is -2.52. The Morgan fingerprint density at radius 3 is 2.84 bits per heavy atom. The van der Waals surface area contributed by atoms with E-state index in [9.17, 15) is 4.79 Å². The van der Waals surface area contributed by atoms with Gasteiger partial charge >= 0.3 is 0 Å². The van der Waals surface area contributed by atoms with Crippen LogP contribution in [-0.2, 0) is 11.2 Å². The highest BCUT2D eigenvalue weighted by Crippen LogP contribution is 2.33. The number of ether oxygens (including phenoxy) is 2. The van der Waals surface area contributed by atoms with Gasteiger partial charge in [-0.05, 0) is 17.7 Å². The standard InChI is InChI=1S/C20H22N2O3/c1-24-18-9-5-3-7-15(18)16-13-21-10-11-22(16)20(23)19-12-14-6-2-4-8-17(14)25-19/h2-9,16,19,21H,10-13H2,1H3. The molecular weight excluding hydrogens is 316 g/mol. The fraction of sp³-hybridized carbons (Fsp3) is 0.350. The van der Waals surface area contributed by atoms with Crippen LogP contribution in [0.25, 0.3) is 0 Å². The largest absolute Gasteiger partial charge is 0.496 e. The number of nitrogens with zero attached hydrogens (tertiary/aromatic N) is 1. The number of carbonyl (C=O) groups is 1. The lowest BCUT2D eigenvalue weighted by Gasteiger charge is -2.38. The molecule has 2 unspecified atom stereocenters. The normalized spacial score (nSPS) is 22.2. The summed E-state index contributed by atoms with van der Waals surface area (Å²) >= 11 is 0. The first-order chi connectivity index (χ1) is 12.3. The summed E-state index contributed by atoms with van der Waals surface area (Å²) < 4.78 is 11.4. The zero-order chi connectivity index (χ0) is 17.2. The van der Waals surface area contributed by atoms with E-state index in [4.69, 9.17) is 9.47 Å². The third-order valence-electron chi connectivity index (χ3n) is 4.95. The molecule has 2 heterocycles. The number of fused-ring (bicyclic) bond motifs is 1. The number of nitrogens with one attached hydrogen (secondary N) is 1. The summed E-state index contributed by atoms with van der Waals surface area (Å²) in [5.74, 6) is 1.68. The second-order valence-electron chi connectivity index (χ2n) is 6.41. The molecule has 2 aliphatic rings. The highest BCUT2D eigenvalue weighted by Gasteiger charge is 2.37. The predicted octanol–water partition coefficient (Wildman–Crippen LogP) is 2.17. The van der Waals surface area contributed by atoms with Crippen LogP contribution in [0.4, 0.5) is 0 Å². The lowest BCUT2D eigenvalue weighted by atomic mass is 10.0. The Kier molecular flexibility index (Phi) is 4.32. The van der Waals surface area contributed by atoms with Gasteiger partial charge in [-0.3, -0.25) is 4.79 Å². The molecule has 1 N–H and O–H groups in total. The minimum atomic E-state index is -0.437. The number of hydrogen-bond acceptors (Lipinski definition) is 4. The summed E-state index contributed by atoms with van der Waals surface area (Å²) in [6.07, 6.45) is 0.199. The molecule has 1 fully saturated rings. The molecule has 0 radical (unpaired) electrons. The minimum absolute atomic E-state index is 0.0496. The quantitative estimate of drug-likeness (QED) is 0.932. The fourth-order valence-corrected chi connectivity index (χ4v) is 3.69. The van der Waals surface area contributed by atoms with E-state index in [1.807, 2.05) is 53.4 Å². The summed E-state index contributed by atoms with van der Waals surface area (Å²) in [6.45, 7) is 2.17. The number of carbonyl (C=O) groups excluding carboxylic acids is 1. The average Bonchev–Trinajstić information content (AvgIpc) is 3.11. The van der Waals surface area contributed by atoms with Crippen LogP contribution in [0.2, 0.25) is 0 Å². The van der Waals surface area contributed by atoms with Crippen molar-refractivity contribution < 1.29 is 14.3 Å². The second-order valence-corrected chi connectivity index (χ2v) is 6.41. The van der Waals surface area contributed by atoms with Crippen molar-refractivity contribution >= 4 is 5.91 Å². The molecule has 2 aromatic carbocycles. The van der Waals surface area contributed by atoms with Gasteiger partial charge < -0.3 is 19.7 Å². The maximum atomic E-state index is 13.2. The Balaban J connectivity index is 1.58. The molecule has 2 atom stereocenters. The molecule has 0 aliphatic carbocycles. The lowest BCUT2D eigenvalue weighted by molar-refractivity contribution is -0.141. The number of amides is 1. The summed E-state index contributed by atoms with van der Waals surface area (Å²) in [5, 5.41) is 3.39. The van der Waals surface area contributed by atoms with Crippen molar-refractivity contribution in [1.29, 1.82) is 0 Å². The van der Waals surface area contributed by atoms with E-state index in [2.05, 4.69) is 5.32 Å². The van der Waals surface area contributed by atoms with Crippen LogP contribution >= 0.6 is 0 Å². The molecule has 130 valence electrons.